The number of rotatable bonds is 4. The van der Waals surface area contributed by atoms with E-state index in [-0.39, 0.29) is 6.61 Å². The number of aromatic nitrogens is 2. The fourth-order valence-electron chi connectivity index (χ4n) is 1.92. The first-order chi connectivity index (χ1) is 10.7. The molecule has 1 aromatic heterocycles. The van der Waals surface area contributed by atoms with E-state index in [4.69, 9.17) is 27.9 Å². The molecule has 0 fully saturated rings. The van der Waals surface area contributed by atoms with Crippen molar-refractivity contribution >= 4 is 35.0 Å². The lowest BCUT2D eigenvalue weighted by molar-refractivity contribution is 0.294. The van der Waals surface area contributed by atoms with E-state index >= 15 is 0 Å². The van der Waals surface area contributed by atoms with E-state index in [0.29, 0.717) is 33.3 Å². The SMILES string of the molecule is Clc1cccc(Cl)c1COc1nccnc1NC1=NCCN1. The predicted octanol–water partition coefficient (Wildman–Crippen LogP) is 2.73. The molecule has 0 saturated heterocycles. The van der Waals surface area contributed by atoms with Crippen LogP contribution in [0, 0.1) is 0 Å². The minimum absolute atomic E-state index is 0.200. The molecule has 1 aliphatic heterocycles. The number of halogens is 2. The molecule has 1 aliphatic rings. The number of nitrogens with zero attached hydrogens (tertiary/aromatic N) is 3. The topological polar surface area (TPSA) is 71.4 Å². The lowest BCUT2D eigenvalue weighted by atomic mass is 10.2. The van der Waals surface area contributed by atoms with Crippen LogP contribution in [-0.4, -0.2) is 29.0 Å². The van der Waals surface area contributed by atoms with E-state index in [1.165, 1.54) is 0 Å². The van der Waals surface area contributed by atoms with E-state index in [1.807, 2.05) is 0 Å². The molecule has 0 atom stereocenters. The number of anilines is 1. The van der Waals surface area contributed by atoms with Crippen molar-refractivity contribution in [1.82, 2.24) is 15.3 Å². The van der Waals surface area contributed by atoms with Gasteiger partial charge in [0.05, 0.1) is 6.54 Å². The van der Waals surface area contributed by atoms with E-state index < -0.39 is 0 Å². The van der Waals surface area contributed by atoms with Crippen LogP contribution in [-0.2, 0) is 6.61 Å². The second kappa shape index (κ2) is 6.81. The summed E-state index contributed by atoms with van der Waals surface area (Å²) >= 11 is 12.3. The fraction of sp³-hybridized carbons (Fsp3) is 0.214. The predicted molar refractivity (Wildman–Crippen MR) is 86.8 cm³/mol. The molecule has 0 saturated carbocycles. The zero-order valence-corrected chi connectivity index (χ0v) is 13.0. The molecule has 114 valence electrons. The van der Waals surface area contributed by atoms with Crippen LogP contribution in [0.5, 0.6) is 5.88 Å². The maximum Gasteiger partial charge on any atom is 0.258 e. The Morgan fingerprint density at radius 1 is 1.18 bits per heavy atom. The first-order valence-corrected chi connectivity index (χ1v) is 7.41. The van der Waals surface area contributed by atoms with Gasteiger partial charge in [-0.2, -0.15) is 0 Å². The van der Waals surface area contributed by atoms with Crippen LogP contribution in [0.2, 0.25) is 10.0 Å². The number of guanidine groups is 1. The summed E-state index contributed by atoms with van der Waals surface area (Å²) in [7, 11) is 0. The van der Waals surface area contributed by atoms with Gasteiger partial charge in [-0.15, -0.1) is 0 Å². The summed E-state index contributed by atoms with van der Waals surface area (Å²) in [5, 5.41) is 7.24. The Balaban J connectivity index is 1.75. The van der Waals surface area contributed by atoms with E-state index in [0.717, 1.165) is 13.1 Å². The lowest BCUT2D eigenvalue weighted by Crippen LogP contribution is -2.27. The first-order valence-electron chi connectivity index (χ1n) is 6.66. The van der Waals surface area contributed by atoms with Gasteiger partial charge in [-0.1, -0.05) is 29.3 Å². The average molecular weight is 338 g/mol. The van der Waals surface area contributed by atoms with Crippen LogP contribution in [0.15, 0.2) is 35.6 Å². The quantitative estimate of drug-likeness (QED) is 0.897. The normalized spacial score (nSPS) is 13.5. The molecule has 8 heteroatoms. The number of nitrogens with one attached hydrogen (secondary N) is 2. The molecule has 0 amide bonds. The summed E-state index contributed by atoms with van der Waals surface area (Å²) in [6, 6.07) is 5.31. The summed E-state index contributed by atoms with van der Waals surface area (Å²) in [6.07, 6.45) is 3.13. The molecule has 0 aliphatic carbocycles. The molecular formula is C14H13Cl2N5O. The number of ether oxygens (including phenoxy) is 1. The minimum atomic E-state index is 0.200. The third-order valence-corrected chi connectivity index (χ3v) is 3.70. The van der Waals surface area contributed by atoms with Crippen LogP contribution in [0.4, 0.5) is 5.82 Å². The van der Waals surface area contributed by atoms with Gasteiger partial charge in [-0.25, -0.2) is 9.97 Å². The maximum absolute atomic E-state index is 6.13. The highest BCUT2D eigenvalue weighted by Gasteiger charge is 2.13. The summed E-state index contributed by atoms with van der Waals surface area (Å²) in [4.78, 5) is 12.6. The molecule has 1 aromatic carbocycles. The number of hydrogen-bond donors (Lipinski definition) is 2. The van der Waals surface area contributed by atoms with Crippen molar-refractivity contribution < 1.29 is 4.74 Å². The van der Waals surface area contributed by atoms with Gasteiger partial charge in [0, 0.05) is 34.5 Å². The van der Waals surface area contributed by atoms with Gasteiger partial charge in [-0.3, -0.25) is 4.99 Å². The Kier molecular flexibility index (Phi) is 4.60. The van der Waals surface area contributed by atoms with Gasteiger partial charge >= 0.3 is 0 Å². The molecular weight excluding hydrogens is 325 g/mol. The molecule has 0 radical (unpaired) electrons. The van der Waals surface area contributed by atoms with Crippen molar-refractivity contribution in [1.29, 1.82) is 0 Å². The van der Waals surface area contributed by atoms with Crippen LogP contribution < -0.4 is 15.4 Å². The second-order valence-electron chi connectivity index (χ2n) is 4.48. The number of benzene rings is 1. The van der Waals surface area contributed by atoms with Crippen molar-refractivity contribution in [3.63, 3.8) is 0 Å². The highest BCUT2D eigenvalue weighted by atomic mass is 35.5. The summed E-state index contributed by atoms with van der Waals surface area (Å²) in [5.41, 5.74) is 0.707. The van der Waals surface area contributed by atoms with Crippen molar-refractivity contribution in [2.45, 2.75) is 6.61 Å². The van der Waals surface area contributed by atoms with Crippen molar-refractivity contribution in [2.24, 2.45) is 4.99 Å². The molecule has 2 heterocycles. The van der Waals surface area contributed by atoms with E-state index in [9.17, 15) is 0 Å². The van der Waals surface area contributed by atoms with Gasteiger partial charge < -0.3 is 15.4 Å². The molecule has 0 unspecified atom stereocenters. The van der Waals surface area contributed by atoms with Crippen LogP contribution in [0.1, 0.15) is 5.56 Å². The van der Waals surface area contributed by atoms with Crippen LogP contribution in [0.3, 0.4) is 0 Å². The zero-order valence-electron chi connectivity index (χ0n) is 11.5. The zero-order chi connectivity index (χ0) is 15.4. The van der Waals surface area contributed by atoms with Crippen LogP contribution in [0.25, 0.3) is 0 Å². The number of aliphatic imine (C=N–C) groups is 1. The molecule has 22 heavy (non-hydrogen) atoms. The highest BCUT2D eigenvalue weighted by Crippen LogP contribution is 2.26. The smallest absolute Gasteiger partial charge is 0.258 e. The van der Waals surface area contributed by atoms with Crippen molar-refractivity contribution in [2.75, 3.05) is 18.4 Å². The van der Waals surface area contributed by atoms with Crippen molar-refractivity contribution in [3.05, 3.63) is 46.2 Å². The summed E-state index contributed by atoms with van der Waals surface area (Å²) in [6.45, 7) is 1.73. The van der Waals surface area contributed by atoms with Gasteiger partial charge in [0.2, 0.25) is 0 Å². The lowest BCUT2D eigenvalue weighted by Gasteiger charge is -2.12. The third kappa shape index (κ3) is 3.40. The first kappa shape index (κ1) is 14.9. The van der Waals surface area contributed by atoms with Crippen molar-refractivity contribution in [3.8, 4) is 5.88 Å². The molecule has 2 N–H and O–H groups in total. The Morgan fingerprint density at radius 3 is 2.68 bits per heavy atom. The average Bonchev–Trinajstić information content (AvgIpc) is 3.01. The Hall–Kier alpha value is -2.05. The van der Waals surface area contributed by atoms with E-state index in [2.05, 4.69) is 25.6 Å². The Labute approximate surface area is 137 Å². The Morgan fingerprint density at radius 2 is 1.95 bits per heavy atom. The van der Waals surface area contributed by atoms with Gasteiger partial charge in [0.25, 0.3) is 5.88 Å². The third-order valence-electron chi connectivity index (χ3n) is 2.99. The molecule has 3 rings (SSSR count). The molecule has 2 aromatic rings. The monoisotopic (exact) mass is 337 g/mol. The minimum Gasteiger partial charge on any atom is -0.470 e. The second-order valence-corrected chi connectivity index (χ2v) is 5.30. The molecule has 0 bridgehead atoms. The highest BCUT2D eigenvalue weighted by molar-refractivity contribution is 6.35. The Bertz CT molecular complexity index is 687. The standard InChI is InChI=1S/C14H13Cl2N5O/c15-10-2-1-3-11(16)9(10)8-22-13-12(17-4-5-18-13)21-14-19-6-7-20-14/h1-5H,6-8H2,(H2,17,19,20,21). The molecule has 0 spiro atoms. The summed E-state index contributed by atoms with van der Waals surface area (Å²) in [5.74, 6) is 1.50. The summed E-state index contributed by atoms with van der Waals surface area (Å²) < 4.78 is 5.71. The van der Waals surface area contributed by atoms with E-state index in [1.54, 1.807) is 30.6 Å². The van der Waals surface area contributed by atoms with Gasteiger partial charge in [-0.05, 0) is 12.1 Å². The number of hydrogen-bond acceptors (Lipinski definition) is 6. The largest absolute Gasteiger partial charge is 0.470 e. The van der Waals surface area contributed by atoms with Crippen LogP contribution >= 0.6 is 23.2 Å². The molecule has 6 nitrogen and oxygen atoms in total. The maximum atomic E-state index is 6.13. The fourth-order valence-corrected chi connectivity index (χ4v) is 2.43. The van der Waals surface area contributed by atoms with Gasteiger partial charge in [0.15, 0.2) is 11.8 Å². The van der Waals surface area contributed by atoms with Gasteiger partial charge in [0.1, 0.15) is 6.61 Å².